The fraction of sp³-hybridized carbons (Fsp3) is 0.385. The topological polar surface area (TPSA) is 96.1 Å². The van der Waals surface area contributed by atoms with Crippen molar-refractivity contribution in [2.24, 2.45) is 10.1 Å². The first-order valence-corrected chi connectivity index (χ1v) is 11.2. The minimum atomic E-state index is -0.423. The van der Waals surface area contributed by atoms with E-state index in [1.807, 2.05) is 37.3 Å². The third kappa shape index (κ3) is 4.61. The number of ether oxygens (including phenoxy) is 2. The number of methoxy groups -OCH3 is 2. The van der Waals surface area contributed by atoms with E-state index in [1.54, 1.807) is 20.3 Å². The maximum absolute atomic E-state index is 11.5. The van der Waals surface area contributed by atoms with Crippen LogP contribution in [0.2, 0.25) is 0 Å². The maximum atomic E-state index is 11.5. The Hall–Kier alpha value is -3.66. The molecule has 1 fully saturated rings. The molecule has 2 aromatic carbocycles. The van der Waals surface area contributed by atoms with Crippen LogP contribution in [0.25, 0.3) is 0 Å². The molecule has 0 radical (unpaired) electrons. The van der Waals surface area contributed by atoms with E-state index in [4.69, 9.17) is 19.7 Å². The lowest BCUT2D eigenvalue weighted by molar-refractivity contribution is -0.120. The second-order valence-corrected chi connectivity index (χ2v) is 8.37. The second-order valence-electron chi connectivity index (χ2n) is 8.37. The molecular formula is C26H28N4O3. The highest BCUT2D eigenvalue weighted by Gasteiger charge is 2.34. The van der Waals surface area contributed by atoms with Gasteiger partial charge in [0.15, 0.2) is 11.5 Å². The molecule has 0 spiro atoms. The Bertz CT molecular complexity index is 1150. The van der Waals surface area contributed by atoms with Gasteiger partial charge in [-0.1, -0.05) is 37.1 Å². The van der Waals surface area contributed by atoms with Gasteiger partial charge in [0.2, 0.25) is 0 Å². The Kier molecular flexibility index (Phi) is 6.74. The summed E-state index contributed by atoms with van der Waals surface area (Å²) in [4.78, 5) is 16.7. The third-order valence-electron chi connectivity index (χ3n) is 6.40. The van der Waals surface area contributed by atoms with Gasteiger partial charge >= 0.3 is 0 Å². The van der Waals surface area contributed by atoms with Crippen LogP contribution in [0.3, 0.4) is 0 Å². The van der Waals surface area contributed by atoms with E-state index in [9.17, 15) is 4.79 Å². The average Bonchev–Trinajstić information content (AvgIpc) is 2.86. The molecule has 2 aliphatic rings. The summed E-state index contributed by atoms with van der Waals surface area (Å²) >= 11 is 0. The average molecular weight is 445 g/mol. The number of benzene rings is 2. The molecule has 1 N–H and O–H groups in total. The minimum absolute atomic E-state index is 0.217. The number of amides is 1. The van der Waals surface area contributed by atoms with Gasteiger partial charge in [-0.05, 0) is 43.0 Å². The first-order valence-electron chi connectivity index (χ1n) is 11.2. The van der Waals surface area contributed by atoms with Crippen molar-refractivity contribution in [1.82, 2.24) is 5.43 Å². The van der Waals surface area contributed by atoms with Crippen molar-refractivity contribution in [3.63, 3.8) is 0 Å². The van der Waals surface area contributed by atoms with Crippen LogP contribution in [0.15, 0.2) is 46.5 Å². The van der Waals surface area contributed by atoms with E-state index in [1.165, 1.54) is 18.4 Å². The number of nitrogens with zero attached hydrogens (tertiary/aromatic N) is 3. The number of hydrazone groups is 1. The Balaban J connectivity index is 1.69. The van der Waals surface area contributed by atoms with E-state index in [0.29, 0.717) is 17.4 Å². The Labute approximate surface area is 194 Å². The van der Waals surface area contributed by atoms with Crippen LogP contribution in [0.1, 0.15) is 67.2 Å². The van der Waals surface area contributed by atoms with Crippen molar-refractivity contribution in [2.75, 3.05) is 14.2 Å². The number of carbonyl (C=O) groups is 1. The number of carbonyl (C=O) groups excluding carboxylic acids is 1. The summed E-state index contributed by atoms with van der Waals surface area (Å²) in [7, 11) is 3.32. The molecule has 0 saturated heterocycles. The zero-order valence-electron chi connectivity index (χ0n) is 19.2. The molecule has 4 rings (SSSR count). The molecule has 1 saturated carbocycles. The molecule has 33 heavy (non-hydrogen) atoms. The molecule has 1 amide bonds. The van der Waals surface area contributed by atoms with E-state index in [2.05, 4.69) is 16.6 Å². The molecule has 1 aliphatic carbocycles. The van der Waals surface area contributed by atoms with Crippen molar-refractivity contribution < 1.29 is 14.3 Å². The summed E-state index contributed by atoms with van der Waals surface area (Å²) in [6.07, 6.45) is 4.43. The van der Waals surface area contributed by atoms with E-state index >= 15 is 0 Å². The predicted molar refractivity (Wildman–Crippen MR) is 127 cm³/mol. The fourth-order valence-electron chi connectivity index (χ4n) is 4.69. The highest BCUT2D eigenvalue weighted by molar-refractivity contribution is 6.15. The van der Waals surface area contributed by atoms with Crippen molar-refractivity contribution in [2.45, 2.75) is 51.0 Å². The van der Waals surface area contributed by atoms with Crippen LogP contribution in [-0.2, 0) is 4.79 Å². The van der Waals surface area contributed by atoms with Gasteiger partial charge in [0, 0.05) is 17.0 Å². The predicted octanol–water partition coefficient (Wildman–Crippen LogP) is 4.33. The normalized spacial score (nSPS) is 19.5. The van der Waals surface area contributed by atoms with Crippen LogP contribution in [0.4, 0.5) is 0 Å². The molecule has 0 aromatic heterocycles. The summed E-state index contributed by atoms with van der Waals surface area (Å²) in [5.41, 5.74) is 8.33. The van der Waals surface area contributed by atoms with Gasteiger partial charge in [0.1, 0.15) is 6.42 Å². The van der Waals surface area contributed by atoms with Crippen molar-refractivity contribution in [3.05, 3.63) is 58.7 Å². The number of hydrogen-bond acceptors (Lipinski definition) is 6. The number of nitriles is 1. The van der Waals surface area contributed by atoms with E-state index in [-0.39, 0.29) is 12.5 Å². The third-order valence-corrected chi connectivity index (χ3v) is 6.40. The smallest absolute Gasteiger partial charge is 0.254 e. The Morgan fingerprint density at radius 2 is 1.85 bits per heavy atom. The lowest BCUT2D eigenvalue weighted by Crippen LogP contribution is -2.29. The maximum Gasteiger partial charge on any atom is 0.254 e. The standard InChI is InChI=1S/C26H28N4O3/c1-16(29-30-25(31)12-13-27)17-8-10-18(11-9-17)26-21-15-24(33-3)23(32-2)14-20(21)19-6-4-5-7-22(19)28-26/h8-11,14-15,19,22H,4-7,12H2,1-3H3,(H,30,31)/t19-,22-/m1/s1. The van der Waals surface area contributed by atoms with Crippen molar-refractivity contribution in [1.29, 1.82) is 5.26 Å². The number of rotatable bonds is 6. The summed E-state index contributed by atoms with van der Waals surface area (Å²) in [6.45, 7) is 1.82. The minimum Gasteiger partial charge on any atom is -0.493 e. The summed E-state index contributed by atoms with van der Waals surface area (Å²) in [6, 6.07) is 14.3. The van der Waals surface area contributed by atoms with Crippen LogP contribution in [0, 0.1) is 11.3 Å². The summed E-state index contributed by atoms with van der Waals surface area (Å²) in [5, 5.41) is 12.7. The number of fused-ring (bicyclic) bond motifs is 3. The number of aliphatic imine (C=N–C) groups is 1. The largest absolute Gasteiger partial charge is 0.493 e. The first-order chi connectivity index (χ1) is 16.0. The lowest BCUT2D eigenvalue weighted by Gasteiger charge is -2.35. The van der Waals surface area contributed by atoms with Crippen molar-refractivity contribution >= 4 is 17.3 Å². The van der Waals surface area contributed by atoms with E-state index < -0.39 is 5.91 Å². The second kappa shape index (κ2) is 9.86. The zero-order valence-corrected chi connectivity index (χ0v) is 19.2. The van der Waals surface area contributed by atoms with Gasteiger partial charge < -0.3 is 9.47 Å². The molecule has 2 atom stereocenters. The quantitative estimate of drug-likeness (QED) is 0.530. The van der Waals surface area contributed by atoms with Crippen LogP contribution in [0.5, 0.6) is 11.5 Å². The molecule has 2 aromatic rings. The Morgan fingerprint density at radius 1 is 1.15 bits per heavy atom. The van der Waals surface area contributed by atoms with Crippen LogP contribution >= 0.6 is 0 Å². The molecule has 170 valence electrons. The van der Waals surface area contributed by atoms with Gasteiger partial charge in [-0.25, -0.2) is 5.43 Å². The molecule has 1 heterocycles. The summed E-state index contributed by atoms with van der Waals surface area (Å²) in [5.74, 6) is 1.43. The van der Waals surface area contributed by atoms with Gasteiger partial charge in [-0.15, -0.1) is 0 Å². The molecular weight excluding hydrogens is 416 g/mol. The first kappa shape index (κ1) is 22.5. The monoisotopic (exact) mass is 444 g/mol. The van der Waals surface area contributed by atoms with Gasteiger partial charge in [-0.3, -0.25) is 9.79 Å². The van der Waals surface area contributed by atoms with Crippen LogP contribution < -0.4 is 14.9 Å². The molecule has 1 aliphatic heterocycles. The molecule has 0 unspecified atom stereocenters. The van der Waals surface area contributed by atoms with Gasteiger partial charge in [-0.2, -0.15) is 10.4 Å². The highest BCUT2D eigenvalue weighted by Crippen LogP contribution is 2.44. The van der Waals surface area contributed by atoms with Gasteiger partial charge in [0.05, 0.1) is 37.8 Å². The van der Waals surface area contributed by atoms with Crippen LogP contribution in [-0.4, -0.2) is 37.6 Å². The number of nitrogens with one attached hydrogen (secondary N) is 1. The number of hydrogen-bond donors (Lipinski definition) is 1. The van der Waals surface area contributed by atoms with Gasteiger partial charge in [0.25, 0.3) is 5.91 Å². The molecule has 7 heteroatoms. The van der Waals surface area contributed by atoms with Crippen molar-refractivity contribution in [3.8, 4) is 17.6 Å². The summed E-state index contributed by atoms with van der Waals surface area (Å²) < 4.78 is 11.2. The SMILES string of the molecule is COc1cc2c(cc1OC)[C@H]1CCCC[C@H]1N=C2c1ccc(C(C)=NNC(=O)CC#N)cc1. The molecule has 0 bridgehead atoms. The lowest BCUT2D eigenvalue weighted by atomic mass is 9.75. The highest BCUT2D eigenvalue weighted by atomic mass is 16.5. The zero-order chi connectivity index (χ0) is 23.4. The Morgan fingerprint density at radius 3 is 2.55 bits per heavy atom. The molecule has 7 nitrogen and oxygen atoms in total. The fourth-order valence-corrected chi connectivity index (χ4v) is 4.69. The van der Waals surface area contributed by atoms with E-state index in [0.717, 1.165) is 41.0 Å².